The van der Waals surface area contributed by atoms with Crippen molar-refractivity contribution in [2.24, 2.45) is 5.41 Å². The van der Waals surface area contributed by atoms with Gasteiger partial charge in [-0.1, -0.05) is 43.2 Å². The number of aromatic nitrogens is 4. The number of carboxylic acid groups (broad SMARTS) is 1. The van der Waals surface area contributed by atoms with E-state index in [0.29, 0.717) is 30.0 Å². The summed E-state index contributed by atoms with van der Waals surface area (Å²) in [5.74, 6) is 0.230. The lowest BCUT2D eigenvalue weighted by molar-refractivity contribution is -0.149. The highest BCUT2D eigenvalue weighted by Crippen LogP contribution is 2.42. The average molecular weight is 580 g/mol. The molecule has 2 heterocycles. The van der Waals surface area contributed by atoms with Crippen molar-refractivity contribution in [3.05, 3.63) is 52.5 Å². The van der Waals surface area contributed by atoms with Crippen LogP contribution in [0, 0.1) is 5.41 Å². The third-order valence-corrected chi connectivity index (χ3v) is 8.17. The topological polar surface area (TPSA) is 134 Å². The molecule has 196 valence electrons. The largest absolute Gasteiger partial charge is 0.481 e. The van der Waals surface area contributed by atoms with E-state index in [2.05, 4.69) is 36.6 Å². The van der Waals surface area contributed by atoms with Crippen LogP contribution in [0.4, 0.5) is 4.79 Å². The Balaban J connectivity index is 1.33. The number of amides is 1. The molecule has 0 unspecified atom stereocenters. The number of benzene rings is 2. The molecule has 1 amide bonds. The number of aliphatic carboxylic acids is 1. The molecule has 4 aromatic rings. The van der Waals surface area contributed by atoms with Crippen molar-refractivity contribution < 1.29 is 23.8 Å². The molecule has 2 aliphatic carbocycles. The number of fused-ring (bicyclic) bond motifs is 1. The van der Waals surface area contributed by atoms with Gasteiger partial charge in [0.15, 0.2) is 0 Å². The monoisotopic (exact) mass is 579 g/mol. The van der Waals surface area contributed by atoms with Crippen LogP contribution in [0.1, 0.15) is 44.1 Å². The molecule has 2 fully saturated rings. The van der Waals surface area contributed by atoms with Crippen LogP contribution in [0.2, 0.25) is 0 Å². The Morgan fingerprint density at radius 1 is 1.16 bits per heavy atom. The summed E-state index contributed by atoms with van der Waals surface area (Å²) >= 11 is 3.71. The molecule has 0 bridgehead atoms. The lowest BCUT2D eigenvalue weighted by Gasteiger charge is -2.31. The normalized spacial score (nSPS) is 16.6. The van der Waals surface area contributed by atoms with Gasteiger partial charge in [0.1, 0.15) is 17.4 Å². The van der Waals surface area contributed by atoms with Gasteiger partial charge in [-0.2, -0.15) is 5.21 Å². The van der Waals surface area contributed by atoms with Crippen LogP contribution in [0.25, 0.3) is 33.7 Å². The summed E-state index contributed by atoms with van der Waals surface area (Å²) in [6.45, 7) is 0.366. The summed E-state index contributed by atoms with van der Waals surface area (Å²) in [4.78, 5) is 26.9. The number of carbonyl (C=O) groups excluding carboxylic acids is 1. The Morgan fingerprint density at radius 3 is 2.61 bits per heavy atom. The minimum absolute atomic E-state index is 0.0679. The Bertz CT molecular complexity index is 1490. The van der Waals surface area contributed by atoms with Crippen molar-refractivity contribution in [1.82, 2.24) is 25.5 Å². The Morgan fingerprint density at radius 2 is 1.92 bits per heavy atom. The first kappa shape index (κ1) is 24.6. The van der Waals surface area contributed by atoms with Gasteiger partial charge in [0.05, 0.1) is 9.89 Å². The zero-order valence-electron chi connectivity index (χ0n) is 20.5. The van der Waals surface area contributed by atoms with E-state index in [1.807, 2.05) is 42.5 Å². The molecule has 2 N–H and O–H groups in total. The molecule has 6 rings (SSSR count). The standard InChI is InChI=1S/C27H26BrN5O5/c28-22-20-13-16(14-33(26(36)37-17-8-9-17)15-27(25(34)35)11-3-4-12-27)7-10-21(20)38-23(22)18-5-1-2-6-19(18)24-29-31-32-30-24/h1-2,5-7,10,13,17H,3-4,8-9,11-12,14-15H2,(H,34,35)(H,29,30,31,32). The van der Waals surface area contributed by atoms with E-state index in [1.54, 1.807) is 4.90 Å². The molecule has 0 saturated heterocycles. The van der Waals surface area contributed by atoms with E-state index in [-0.39, 0.29) is 19.2 Å². The molecule has 10 nitrogen and oxygen atoms in total. The van der Waals surface area contributed by atoms with Crippen molar-refractivity contribution >= 4 is 39.0 Å². The van der Waals surface area contributed by atoms with Gasteiger partial charge in [-0.15, -0.1) is 10.2 Å². The quantitative estimate of drug-likeness (QED) is 0.268. The SMILES string of the molecule is O=C(OC1CC1)N(Cc1ccc2oc(-c3ccccc3-c3nn[nH]n3)c(Br)c2c1)CC1(C(=O)O)CCCC1. The molecular weight excluding hydrogens is 554 g/mol. The minimum atomic E-state index is -0.936. The molecule has 0 radical (unpaired) electrons. The smallest absolute Gasteiger partial charge is 0.410 e. The molecular formula is C27H26BrN5O5. The zero-order chi connectivity index (χ0) is 26.3. The van der Waals surface area contributed by atoms with Gasteiger partial charge in [0, 0.05) is 29.6 Å². The first-order chi connectivity index (χ1) is 18.4. The molecule has 2 aromatic heterocycles. The van der Waals surface area contributed by atoms with E-state index in [4.69, 9.17) is 9.15 Å². The van der Waals surface area contributed by atoms with Crippen molar-refractivity contribution in [1.29, 1.82) is 0 Å². The molecule has 2 aliphatic rings. The van der Waals surface area contributed by atoms with Gasteiger partial charge >= 0.3 is 12.1 Å². The second-order valence-electron chi connectivity index (χ2n) is 10.1. The van der Waals surface area contributed by atoms with Crippen LogP contribution in [0.5, 0.6) is 0 Å². The predicted octanol–water partition coefficient (Wildman–Crippen LogP) is 5.79. The second kappa shape index (κ2) is 9.86. The summed E-state index contributed by atoms with van der Waals surface area (Å²) in [5.41, 5.74) is 2.16. The summed E-state index contributed by atoms with van der Waals surface area (Å²) in [7, 11) is 0. The Kier molecular flexibility index (Phi) is 6.38. The van der Waals surface area contributed by atoms with Crippen molar-refractivity contribution in [2.45, 2.75) is 51.2 Å². The van der Waals surface area contributed by atoms with E-state index >= 15 is 0 Å². The molecule has 2 saturated carbocycles. The maximum Gasteiger partial charge on any atom is 0.410 e. The number of halogens is 1. The second-order valence-corrected chi connectivity index (χ2v) is 10.9. The number of furan rings is 1. The van der Waals surface area contributed by atoms with Crippen LogP contribution in [-0.4, -0.2) is 55.3 Å². The lowest BCUT2D eigenvalue weighted by Crippen LogP contribution is -2.44. The molecule has 0 aliphatic heterocycles. The number of ether oxygens (including phenoxy) is 1. The van der Waals surface area contributed by atoms with Crippen LogP contribution in [0.3, 0.4) is 0 Å². The first-order valence-corrected chi connectivity index (χ1v) is 13.5. The Labute approximate surface area is 226 Å². The molecule has 2 aromatic carbocycles. The van der Waals surface area contributed by atoms with Crippen molar-refractivity contribution in [3.8, 4) is 22.7 Å². The fourth-order valence-electron chi connectivity index (χ4n) is 5.20. The number of tetrazole rings is 1. The molecule has 0 atom stereocenters. The molecule has 38 heavy (non-hydrogen) atoms. The highest BCUT2D eigenvalue weighted by Gasteiger charge is 2.44. The fraction of sp³-hybridized carbons (Fsp3) is 0.370. The van der Waals surface area contributed by atoms with Gasteiger partial charge in [-0.05, 0) is 64.5 Å². The first-order valence-electron chi connectivity index (χ1n) is 12.7. The van der Waals surface area contributed by atoms with E-state index in [0.717, 1.165) is 52.2 Å². The summed E-state index contributed by atoms with van der Waals surface area (Å²) in [5, 5.41) is 25.2. The number of hydrogen-bond acceptors (Lipinski definition) is 7. The van der Waals surface area contributed by atoms with Crippen LogP contribution in [0.15, 0.2) is 51.4 Å². The third kappa shape index (κ3) is 4.66. The summed E-state index contributed by atoms with van der Waals surface area (Å²) in [6, 6.07) is 13.4. The number of carboxylic acids is 1. The van der Waals surface area contributed by atoms with Gasteiger partial charge in [-0.3, -0.25) is 4.79 Å². The van der Waals surface area contributed by atoms with E-state index < -0.39 is 17.5 Å². The maximum absolute atomic E-state index is 13.1. The van der Waals surface area contributed by atoms with Crippen molar-refractivity contribution in [3.63, 3.8) is 0 Å². The number of rotatable bonds is 8. The predicted molar refractivity (Wildman–Crippen MR) is 141 cm³/mol. The van der Waals surface area contributed by atoms with Gasteiger partial charge in [0.2, 0.25) is 5.82 Å². The zero-order valence-corrected chi connectivity index (χ0v) is 22.1. The van der Waals surface area contributed by atoms with Crippen LogP contribution in [-0.2, 0) is 16.1 Å². The number of H-pyrrole nitrogens is 1. The number of nitrogens with zero attached hydrogens (tertiary/aromatic N) is 4. The molecule has 11 heteroatoms. The van der Waals surface area contributed by atoms with E-state index in [1.165, 1.54) is 0 Å². The van der Waals surface area contributed by atoms with Crippen LogP contribution >= 0.6 is 15.9 Å². The fourth-order valence-corrected chi connectivity index (χ4v) is 5.81. The highest BCUT2D eigenvalue weighted by molar-refractivity contribution is 9.10. The Hall–Kier alpha value is -3.73. The minimum Gasteiger partial charge on any atom is -0.481 e. The van der Waals surface area contributed by atoms with Crippen LogP contribution < -0.4 is 0 Å². The van der Waals surface area contributed by atoms with Crippen molar-refractivity contribution in [2.75, 3.05) is 6.54 Å². The maximum atomic E-state index is 13.1. The van der Waals surface area contributed by atoms with E-state index in [9.17, 15) is 14.7 Å². The highest BCUT2D eigenvalue weighted by atomic mass is 79.9. The average Bonchev–Trinajstić information content (AvgIpc) is 3.28. The van der Waals surface area contributed by atoms with Gasteiger partial charge < -0.3 is 19.2 Å². The number of nitrogens with one attached hydrogen (secondary N) is 1. The van der Waals surface area contributed by atoms with Gasteiger partial charge in [-0.25, -0.2) is 4.79 Å². The molecule has 0 spiro atoms. The van der Waals surface area contributed by atoms with Gasteiger partial charge in [0.25, 0.3) is 0 Å². The summed E-state index contributed by atoms with van der Waals surface area (Å²) < 4.78 is 12.6. The third-order valence-electron chi connectivity index (χ3n) is 7.38. The number of aromatic amines is 1. The lowest BCUT2D eigenvalue weighted by atomic mass is 9.85. The number of hydrogen-bond donors (Lipinski definition) is 2. The summed E-state index contributed by atoms with van der Waals surface area (Å²) in [6.07, 6.45) is 4.00. The number of carbonyl (C=O) groups is 2.